The van der Waals surface area contributed by atoms with Gasteiger partial charge >= 0.3 is 0 Å². The second-order valence-electron chi connectivity index (χ2n) is 6.00. The molecule has 0 saturated carbocycles. The van der Waals surface area contributed by atoms with Gasteiger partial charge in [0, 0.05) is 23.3 Å². The van der Waals surface area contributed by atoms with E-state index in [9.17, 15) is 4.79 Å². The number of carbonyl (C=O) groups excluding carboxylic acids is 1. The van der Waals surface area contributed by atoms with Gasteiger partial charge in [-0.05, 0) is 44.0 Å². The molecule has 0 spiro atoms. The van der Waals surface area contributed by atoms with E-state index >= 15 is 0 Å². The molecule has 0 unspecified atom stereocenters. The lowest BCUT2D eigenvalue weighted by atomic mass is 10.2. The molecule has 0 aliphatic carbocycles. The van der Waals surface area contributed by atoms with Crippen molar-refractivity contribution in [3.63, 3.8) is 0 Å². The summed E-state index contributed by atoms with van der Waals surface area (Å²) in [6, 6.07) is 16.0. The van der Waals surface area contributed by atoms with Gasteiger partial charge in [0.15, 0.2) is 0 Å². The Bertz CT molecular complexity index is 656. The van der Waals surface area contributed by atoms with E-state index in [0.29, 0.717) is 11.6 Å². The summed E-state index contributed by atoms with van der Waals surface area (Å²) in [7, 11) is 0. The molecular formula is C19H23ClN2O. The number of benzene rings is 2. The summed E-state index contributed by atoms with van der Waals surface area (Å²) >= 11 is 6.10. The maximum Gasteiger partial charge on any atom is 0.238 e. The normalized spacial score (nSPS) is 11.0. The van der Waals surface area contributed by atoms with Crippen LogP contribution in [0.1, 0.15) is 25.0 Å². The number of amides is 1. The van der Waals surface area contributed by atoms with Gasteiger partial charge in [-0.25, -0.2) is 0 Å². The number of hydrogen-bond acceptors (Lipinski definition) is 2. The molecule has 0 heterocycles. The van der Waals surface area contributed by atoms with Crippen molar-refractivity contribution >= 4 is 23.2 Å². The number of halogens is 1. The zero-order valence-electron chi connectivity index (χ0n) is 13.8. The van der Waals surface area contributed by atoms with Crippen LogP contribution in [0.15, 0.2) is 48.5 Å². The third kappa shape index (κ3) is 5.38. The van der Waals surface area contributed by atoms with Crippen molar-refractivity contribution in [1.29, 1.82) is 0 Å². The van der Waals surface area contributed by atoms with Gasteiger partial charge in [-0.2, -0.15) is 0 Å². The van der Waals surface area contributed by atoms with Crippen LogP contribution < -0.4 is 5.32 Å². The largest absolute Gasteiger partial charge is 0.325 e. The number of rotatable bonds is 6. The van der Waals surface area contributed by atoms with E-state index < -0.39 is 0 Å². The topological polar surface area (TPSA) is 32.3 Å². The third-order valence-electron chi connectivity index (χ3n) is 3.76. The van der Waals surface area contributed by atoms with E-state index in [1.165, 1.54) is 5.56 Å². The Morgan fingerprint density at radius 3 is 2.48 bits per heavy atom. The van der Waals surface area contributed by atoms with Crippen LogP contribution >= 0.6 is 11.6 Å². The molecule has 0 fully saturated rings. The number of aryl methyl sites for hydroxylation is 1. The molecule has 0 aliphatic rings. The first-order chi connectivity index (χ1) is 11.0. The number of hydrogen-bond donors (Lipinski definition) is 1. The van der Waals surface area contributed by atoms with Crippen LogP contribution in [-0.4, -0.2) is 23.4 Å². The Hall–Kier alpha value is -1.84. The maximum absolute atomic E-state index is 12.3. The highest BCUT2D eigenvalue weighted by molar-refractivity contribution is 6.31. The molecule has 3 nitrogen and oxygen atoms in total. The van der Waals surface area contributed by atoms with Crippen molar-refractivity contribution in [2.45, 2.75) is 33.4 Å². The molecule has 2 rings (SSSR count). The summed E-state index contributed by atoms with van der Waals surface area (Å²) in [5.41, 5.74) is 2.93. The zero-order chi connectivity index (χ0) is 16.8. The van der Waals surface area contributed by atoms with Crippen LogP contribution in [0.5, 0.6) is 0 Å². The van der Waals surface area contributed by atoms with Crippen molar-refractivity contribution in [2.24, 2.45) is 0 Å². The highest BCUT2D eigenvalue weighted by Gasteiger charge is 2.15. The molecule has 4 heteroatoms. The molecule has 23 heavy (non-hydrogen) atoms. The van der Waals surface area contributed by atoms with Crippen LogP contribution in [0.4, 0.5) is 5.69 Å². The number of anilines is 1. The second-order valence-corrected chi connectivity index (χ2v) is 6.40. The van der Waals surface area contributed by atoms with Gasteiger partial charge in [0.2, 0.25) is 5.91 Å². The van der Waals surface area contributed by atoms with Crippen LogP contribution in [0, 0.1) is 6.92 Å². The first-order valence-electron chi connectivity index (χ1n) is 7.79. The van der Waals surface area contributed by atoms with E-state index in [2.05, 4.69) is 36.2 Å². The smallest absolute Gasteiger partial charge is 0.238 e. The molecule has 1 N–H and O–H groups in total. The third-order valence-corrected chi connectivity index (χ3v) is 4.17. The predicted octanol–water partition coefficient (Wildman–Crippen LogP) is 4.50. The summed E-state index contributed by atoms with van der Waals surface area (Å²) in [5, 5.41) is 3.58. The number of carbonyl (C=O) groups is 1. The molecule has 122 valence electrons. The van der Waals surface area contributed by atoms with Gasteiger partial charge in [0.25, 0.3) is 0 Å². The quantitative estimate of drug-likeness (QED) is 0.846. The van der Waals surface area contributed by atoms with E-state index in [1.54, 1.807) is 6.07 Å². The van der Waals surface area contributed by atoms with Gasteiger partial charge in [-0.15, -0.1) is 0 Å². The molecule has 0 radical (unpaired) electrons. The Balaban J connectivity index is 1.99. The van der Waals surface area contributed by atoms with Crippen molar-refractivity contribution in [2.75, 3.05) is 11.9 Å². The van der Waals surface area contributed by atoms with Crippen LogP contribution in [0.25, 0.3) is 0 Å². The average Bonchev–Trinajstić information content (AvgIpc) is 2.51. The Morgan fingerprint density at radius 2 is 1.87 bits per heavy atom. The lowest BCUT2D eigenvalue weighted by Crippen LogP contribution is -2.37. The number of nitrogens with one attached hydrogen (secondary N) is 1. The standard InChI is InChI=1S/C19H23ClN2O/c1-14(2)22(12-16-7-5-4-6-8-16)13-19(23)21-17-10-9-15(3)18(20)11-17/h4-11,14H,12-13H2,1-3H3,(H,21,23). The SMILES string of the molecule is Cc1ccc(NC(=O)CN(Cc2ccccc2)C(C)C)cc1Cl. The van der Waals surface area contributed by atoms with Gasteiger partial charge in [-0.3, -0.25) is 9.69 Å². The highest BCUT2D eigenvalue weighted by atomic mass is 35.5. The second kappa shape index (κ2) is 8.14. The fourth-order valence-corrected chi connectivity index (χ4v) is 2.48. The molecule has 2 aromatic rings. The van der Waals surface area contributed by atoms with Gasteiger partial charge in [-0.1, -0.05) is 48.0 Å². The lowest BCUT2D eigenvalue weighted by Gasteiger charge is -2.26. The van der Waals surface area contributed by atoms with Crippen molar-refractivity contribution in [3.05, 3.63) is 64.7 Å². The first kappa shape index (κ1) is 17.5. The highest BCUT2D eigenvalue weighted by Crippen LogP contribution is 2.20. The molecule has 0 aromatic heterocycles. The van der Waals surface area contributed by atoms with Crippen LogP contribution in [0.2, 0.25) is 5.02 Å². The van der Waals surface area contributed by atoms with Crippen LogP contribution in [-0.2, 0) is 11.3 Å². The van der Waals surface area contributed by atoms with Gasteiger partial charge in [0.1, 0.15) is 0 Å². The van der Waals surface area contributed by atoms with E-state index in [4.69, 9.17) is 11.6 Å². The minimum atomic E-state index is -0.0328. The number of nitrogens with zero attached hydrogens (tertiary/aromatic N) is 1. The van der Waals surface area contributed by atoms with Gasteiger partial charge in [0.05, 0.1) is 6.54 Å². The Labute approximate surface area is 143 Å². The summed E-state index contributed by atoms with van der Waals surface area (Å²) in [5.74, 6) is -0.0328. The van der Waals surface area contributed by atoms with E-state index in [1.807, 2.05) is 37.3 Å². The molecule has 0 bridgehead atoms. The molecule has 0 atom stereocenters. The van der Waals surface area contributed by atoms with Crippen molar-refractivity contribution in [1.82, 2.24) is 4.90 Å². The lowest BCUT2D eigenvalue weighted by molar-refractivity contribution is -0.117. The molecule has 0 saturated heterocycles. The Morgan fingerprint density at radius 1 is 1.17 bits per heavy atom. The summed E-state index contributed by atoms with van der Waals surface area (Å²) in [6.07, 6.45) is 0. The monoisotopic (exact) mass is 330 g/mol. The average molecular weight is 331 g/mol. The van der Waals surface area contributed by atoms with E-state index in [-0.39, 0.29) is 11.9 Å². The fourth-order valence-electron chi connectivity index (χ4n) is 2.29. The van der Waals surface area contributed by atoms with E-state index in [0.717, 1.165) is 17.8 Å². The first-order valence-corrected chi connectivity index (χ1v) is 8.17. The summed E-state index contributed by atoms with van der Waals surface area (Å²) in [6.45, 7) is 7.23. The predicted molar refractivity (Wildman–Crippen MR) is 96.8 cm³/mol. The zero-order valence-corrected chi connectivity index (χ0v) is 14.6. The van der Waals surface area contributed by atoms with Crippen molar-refractivity contribution in [3.8, 4) is 0 Å². The minimum absolute atomic E-state index is 0.0328. The molecule has 2 aromatic carbocycles. The van der Waals surface area contributed by atoms with Crippen LogP contribution in [0.3, 0.4) is 0 Å². The minimum Gasteiger partial charge on any atom is -0.325 e. The molecule has 0 aliphatic heterocycles. The van der Waals surface area contributed by atoms with Gasteiger partial charge < -0.3 is 5.32 Å². The summed E-state index contributed by atoms with van der Waals surface area (Å²) < 4.78 is 0. The fraction of sp³-hybridized carbons (Fsp3) is 0.316. The summed E-state index contributed by atoms with van der Waals surface area (Å²) in [4.78, 5) is 14.5. The molecule has 1 amide bonds. The molecular weight excluding hydrogens is 308 g/mol. The Kier molecular flexibility index (Phi) is 6.20. The maximum atomic E-state index is 12.3. The van der Waals surface area contributed by atoms with Crippen molar-refractivity contribution < 1.29 is 4.79 Å².